The van der Waals surface area contributed by atoms with Crippen LogP contribution in [-0.4, -0.2) is 43.6 Å². The van der Waals surface area contributed by atoms with Gasteiger partial charge in [-0.25, -0.2) is 9.67 Å². The Morgan fingerprint density at radius 1 is 1.07 bits per heavy atom. The van der Waals surface area contributed by atoms with Gasteiger partial charge < -0.3 is 9.88 Å². The number of hydrogen-bond donors (Lipinski definition) is 1. The summed E-state index contributed by atoms with van der Waals surface area (Å²) in [7, 11) is 0. The average molecular weight is 377 g/mol. The summed E-state index contributed by atoms with van der Waals surface area (Å²) in [5, 5.41) is 4.63. The molecule has 7 heteroatoms. The van der Waals surface area contributed by atoms with Crippen molar-refractivity contribution < 1.29 is 4.79 Å². The van der Waals surface area contributed by atoms with Crippen LogP contribution in [0.5, 0.6) is 0 Å². The zero-order valence-corrected chi connectivity index (χ0v) is 16.1. The minimum absolute atomic E-state index is 0.0605. The fourth-order valence-corrected chi connectivity index (χ4v) is 3.52. The summed E-state index contributed by atoms with van der Waals surface area (Å²) >= 11 is 0. The number of nitrogens with zero attached hydrogens (tertiary/aromatic N) is 4. The van der Waals surface area contributed by atoms with Crippen molar-refractivity contribution in [3.63, 3.8) is 0 Å². The van der Waals surface area contributed by atoms with Crippen molar-refractivity contribution in [1.82, 2.24) is 24.6 Å². The first kappa shape index (κ1) is 18.2. The van der Waals surface area contributed by atoms with Crippen LogP contribution in [0, 0.1) is 0 Å². The third kappa shape index (κ3) is 3.47. The molecular weight excluding hydrogens is 354 g/mol. The van der Waals surface area contributed by atoms with Crippen molar-refractivity contribution in [2.24, 2.45) is 0 Å². The lowest BCUT2D eigenvalue weighted by molar-refractivity contribution is 0.0756. The molecule has 3 aromatic rings. The standard InChI is InChI=1S/C21H23N5O2/c1-14(2)19-16(8-9-18(27)23-19)21(28)25-11-10-17-22-20(24-26(17)13-12-25)15-6-4-3-5-7-15/h3-9,14H,10-13H2,1-2H3,(H,23,27). The first-order chi connectivity index (χ1) is 13.5. The molecule has 1 aliphatic heterocycles. The van der Waals surface area contributed by atoms with E-state index in [1.165, 1.54) is 6.07 Å². The topological polar surface area (TPSA) is 83.9 Å². The molecule has 1 N–H and O–H groups in total. The Morgan fingerprint density at radius 2 is 1.86 bits per heavy atom. The Morgan fingerprint density at radius 3 is 2.61 bits per heavy atom. The zero-order chi connectivity index (χ0) is 19.7. The number of carbonyl (C=O) groups excluding carboxylic acids is 1. The van der Waals surface area contributed by atoms with Crippen LogP contribution in [0.25, 0.3) is 11.4 Å². The van der Waals surface area contributed by atoms with Crippen molar-refractivity contribution in [3.8, 4) is 11.4 Å². The molecular formula is C21H23N5O2. The van der Waals surface area contributed by atoms with E-state index in [-0.39, 0.29) is 17.4 Å². The van der Waals surface area contributed by atoms with Gasteiger partial charge in [-0.1, -0.05) is 44.2 Å². The van der Waals surface area contributed by atoms with Crippen LogP contribution in [0.4, 0.5) is 0 Å². The van der Waals surface area contributed by atoms with Gasteiger partial charge in [0.1, 0.15) is 5.82 Å². The number of amides is 1. The van der Waals surface area contributed by atoms with Gasteiger partial charge in [-0.15, -0.1) is 0 Å². The van der Waals surface area contributed by atoms with Gasteiger partial charge in [0.05, 0.1) is 12.1 Å². The fourth-order valence-electron chi connectivity index (χ4n) is 3.52. The Bertz CT molecular complexity index is 1030. The summed E-state index contributed by atoms with van der Waals surface area (Å²) in [6, 6.07) is 12.9. The van der Waals surface area contributed by atoms with Crippen LogP contribution in [0.1, 0.15) is 41.6 Å². The second kappa shape index (κ2) is 7.42. The van der Waals surface area contributed by atoms with Crippen molar-refractivity contribution >= 4 is 5.91 Å². The minimum atomic E-state index is -0.186. The summed E-state index contributed by atoms with van der Waals surface area (Å²) in [5.74, 6) is 1.61. The van der Waals surface area contributed by atoms with Gasteiger partial charge in [-0.05, 0) is 12.0 Å². The number of nitrogens with one attached hydrogen (secondary N) is 1. The monoisotopic (exact) mass is 377 g/mol. The minimum Gasteiger partial charge on any atom is -0.336 e. The molecule has 144 valence electrons. The van der Waals surface area contributed by atoms with Crippen LogP contribution in [-0.2, 0) is 13.0 Å². The third-order valence-electron chi connectivity index (χ3n) is 5.01. The lowest BCUT2D eigenvalue weighted by Gasteiger charge is -2.22. The van der Waals surface area contributed by atoms with Gasteiger partial charge in [-0.2, -0.15) is 5.10 Å². The summed E-state index contributed by atoms with van der Waals surface area (Å²) < 4.78 is 1.89. The molecule has 7 nitrogen and oxygen atoms in total. The van der Waals surface area contributed by atoms with Crippen molar-refractivity contribution in [2.45, 2.75) is 32.7 Å². The molecule has 1 aromatic carbocycles. The summed E-state index contributed by atoms with van der Waals surface area (Å²) in [4.78, 5) is 34.1. The first-order valence-electron chi connectivity index (χ1n) is 9.54. The first-order valence-corrected chi connectivity index (χ1v) is 9.54. The van der Waals surface area contributed by atoms with E-state index < -0.39 is 0 Å². The highest BCUT2D eigenvalue weighted by Gasteiger charge is 2.24. The van der Waals surface area contributed by atoms with Crippen LogP contribution in [0.15, 0.2) is 47.3 Å². The molecule has 0 radical (unpaired) electrons. The number of benzene rings is 1. The molecule has 3 heterocycles. The molecule has 0 unspecified atom stereocenters. The van der Waals surface area contributed by atoms with Gasteiger partial charge in [-0.3, -0.25) is 9.59 Å². The molecule has 1 amide bonds. The van der Waals surface area contributed by atoms with E-state index in [2.05, 4.69) is 15.1 Å². The number of H-pyrrole nitrogens is 1. The Balaban J connectivity index is 1.54. The molecule has 0 saturated heterocycles. The molecule has 4 rings (SSSR count). The molecule has 1 aliphatic rings. The number of hydrogen-bond acceptors (Lipinski definition) is 4. The van der Waals surface area contributed by atoms with Gasteiger partial charge in [0, 0.05) is 36.8 Å². The highest BCUT2D eigenvalue weighted by molar-refractivity contribution is 5.95. The summed E-state index contributed by atoms with van der Waals surface area (Å²) in [6.45, 7) is 5.66. The van der Waals surface area contributed by atoms with Crippen molar-refractivity contribution in [2.75, 3.05) is 13.1 Å². The van der Waals surface area contributed by atoms with E-state index >= 15 is 0 Å². The third-order valence-corrected chi connectivity index (χ3v) is 5.01. The van der Waals surface area contributed by atoms with Gasteiger partial charge in [0.25, 0.3) is 5.91 Å². The van der Waals surface area contributed by atoms with E-state index in [1.54, 1.807) is 6.07 Å². The predicted octanol–water partition coefficient (Wildman–Crippen LogP) is 2.46. The molecule has 28 heavy (non-hydrogen) atoms. The van der Waals surface area contributed by atoms with Crippen molar-refractivity contribution in [3.05, 3.63) is 69.9 Å². The number of fused-ring (bicyclic) bond motifs is 1. The lowest BCUT2D eigenvalue weighted by Crippen LogP contribution is -2.35. The molecule has 0 bridgehead atoms. The van der Waals surface area contributed by atoms with E-state index in [1.807, 2.05) is 53.8 Å². The van der Waals surface area contributed by atoms with Crippen LogP contribution in [0.2, 0.25) is 0 Å². The molecule has 0 atom stereocenters. The SMILES string of the molecule is CC(C)c1[nH]c(=O)ccc1C(=O)N1CCc2nc(-c3ccccc3)nn2CC1. The zero-order valence-electron chi connectivity index (χ0n) is 16.1. The maximum atomic E-state index is 13.1. The molecule has 0 spiro atoms. The number of aromatic nitrogens is 4. The largest absolute Gasteiger partial charge is 0.336 e. The van der Waals surface area contributed by atoms with E-state index in [9.17, 15) is 9.59 Å². The van der Waals surface area contributed by atoms with Crippen molar-refractivity contribution in [1.29, 1.82) is 0 Å². The number of pyridine rings is 1. The summed E-state index contributed by atoms with van der Waals surface area (Å²) in [5.41, 5.74) is 2.05. The number of aromatic amines is 1. The van der Waals surface area contributed by atoms with E-state index in [0.717, 1.165) is 17.2 Å². The van der Waals surface area contributed by atoms with Gasteiger partial charge in [0.2, 0.25) is 5.56 Å². The smallest absolute Gasteiger partial charge is 0.255 e. The Labute approximate surface area is 163 Å². The van der Waals surface area contributed by atoms with Crippen LogP contribution < -0.4 is 5.56 Å². The maximum Gasteiger partial charge on any atom is 0.255 e. The highest BCUT2D eigenvalue weighted by atomic mass is 16.2. The van der Waals surface area contributed by atoms with E-state index in [4.69, 9.17) is 0 Å². The Kier molecular flexibility index (Phi) is 4.81. The molecule has 2 aromatic heterocycles. The highest BCUT2D eigenvalue weighted by Crippen LogP contribution is 2.20. The lowest BCUT2D eigenvalue weighted by atomic mass is 10.0. The van der Waals surface area contributed by atoms with Crippen LogP contribution in [0.3, 0.4) is 0 Å². The maximum absolute atomic E-state index is 13.1. The number of rotatable bonds is 3. The quantitative estimate of drug-likeness (QED) is 0.760. The average Bonchev–Trinajstić information content (AvgIpc) is 3.01. The second-order valence-corrected chi connectivity index (χ2v) is 7.29. The Hall–Kier alpha value is -3.22. The fraction of sp³-hybridized carbons (Fsp3) is 0.333. The summed E-state index contributed by atoms with van der Waals surface area (Å²) in [6.07, 6.45) is 0.645. The van der Waals surface area contributed by atoms with Crippen LogP contribution >= 0.6 is 0 Å². The van der Waals surface area contributed by atoms with Gasteiger partial charge >= 0.3 is 0 Å². The van der Waals surface area contributed by atoms with E-state index in [0.29, 0.717) is 37.3 Å². The molecule has 0 saturated carbocycles. The number of carbonyl (C=O) groups is 1. The molecule has 0 fully saturated rings. The molecule has 0 aliphatic carbocycles. The second-order valence-electron chi connectivity index (χ2n) is 7.29. The predicted molar refractivity (Wildman–Crippen MR) is 106 cm³/mol. The normalized spacial score (nSPS) is 14.0. The van der Waals surface area contributed by atoms with Gasteiger partial charge in [0.15, 0.2) is 5.82 Å².